The Hall–Kier alpha value is -2.08. The number of halogens is 1. The van der Waals surface area contributed by atoms with Gasteiger partial charge in [0.2, 0.25) is 0 Å². The van der Waals surface area contributed by atoms with Crippen molar-refractivity contribution >= 4 is 23.1 Å². The van der Waals surface area contributed by atoms with Gasteiger partial charge in [0.25, 0.3) is 11.8 Å². The van der Waals surface area contributed by atoms with Gasteiger partial charge < -0.3 is 9.42 Å². The molecular weight excluding hydrogens is 254 g/mol. The summed E-state index contributed by atoms with van der Waals surface area (Å²) in [5.41, 5.74) is 1.48. The van der Waals surface area contributed by atoms with Gasteiger partial charge in [-0.2, -0.15) is 10.1 Å². The molecule has 0 aliphatic carbocycles. The molecule has 3 rings (SSSR count). The second-order valence-corrected chi connectivity index (χ2v) is 4.41. The summed E-state index contributed by atoms with van der Waals surface area (Å²) >= 11 is 6.16. The highest BCUT2D eigenvalue weighted by Crippen LogP contribution is 2.29. The lowest BCUT2D eigenvalue weighted by atomic mass is 10.2. The van der Waals surface area contributed by atoms with Gasteiger partial charge in [-0.25, -0.2) is 4.52 Å². The fourth-order valence-corrected chi connectivity index (χ4v) is 1.93. The van der Waals surface area contributed by atoms with Crippen molar-refractivity contribution in [3.05, 3.63) is 29.5 Å². The quantitative estimate of drug-likeness (QED) is 0.709. The van der Waals surface area contributed by atoms with Gasteiger partial charge in [-0.3, -0.25) is 0 Å². The van der Waals surface area contributed by atoms with Gasteiger partial charge in [-0.15, -0.1) is 0 Å². The van der Waals surface area contributed by atoms with E-state index in [1.807, 2.05) is 26.4 Å². The first kappa shape index (κ1) is 11.0. The Bertz CT molecular complexity index is 702. The van der Waals surface area contributed by atoms with Crippen LogP contribution in [0.25, 0.3) is 17.0 Å². The molecule has 92 valence electrons. The molecule has 0 N–H and O–H groups in total. The van der Waals surface area contributed by atoms with Crippen LogP contribution < -0.4 is 4.90 Å². The molecule has 0 saturated carbocycles. The number of hydrogen-bond acceptors (Lipinski definition) is 5. The summed E-state index contributed by atoms with van der Waals surface area (Å²) in [6.45, 7) is 0. The highest BCUT2D eigenvalue weighted by molar-refractivity contribution is 6.34. The summed E-state index contributed by atoms with van der Waals surface area (Å²) in [6, 6.07) is 3.62. The summed E-state index contributed by atoms with van der Waals surface area (Å²) < 4.78 is 6.90. The first-order valence-corrected chi connectivity index (χ1v) is 5.68. The van der Waals surface area contributed by atoms with Crippen molar-refractivity contribution in [3.8, 4) is 11.5 Å². The maximum absolute atomic E-state index is 6.16. The standard InChI is InChI=1S/C11H10ClN5O/c1-16(2)11-14-10(18-15-11)7-6-13-17-5-3-4-8(12)9(7)17/h3-6H,1-2H3. The van der Waals surface area contributed by atoms with E-state index in [0.717, 1.165) is 11.1 Å². The molecule has 0 saturated heterocycles. The van der Waals surface area contributed by atoms with Gasteiger partial charge in [0.1, 0.15) is 0 Å². The van der Waals surface area contributed by atoms with Crippen molar-refractivity contribution in [2.75, 3.05) is 19.0 Å². The average molecular weight is 264 g/mol. The average Bonchev–Trinajstić information content (AvgIpc) is 2.94. The fraction of sp³-hybridized carbons (Fsp3) is 0.182. The zero-order valence-electron chi connectivity index (χ0n) is 9.83. The lowest BCUT2D eigenvalue weighted by Crippen LogP contribution is -2.09. The normalized spacial score (nSPS) is 11.1. The van der Waals surface area contributed by atoms with Crippen molar-refractivity contribution in [2.24, 2.45) is 0 Å². The summed E-state index contributed by atoms with van der Waals surface area (Å²) in [6.07, 6.45) is 3.47. The maximum Gasteiger partial charge on any atom is 0.265 e. The molecule has 0 amide bonds. The first-order chi connectivity index (χ1) is 8.66. The summed E-state index contributed by atoms with van der Waals surface area (Å²) in [5, 5.41) is 8.66. The van der Waals surface area contributed by atoms with Gasteiger partial charge in [0.15, 0.2) is 0 Å². The molecule has 3 heterocycles. The highest BCUT2D eigenvalue weighted by Gasteiger charge is 2.16. The Balaban J connectivity index is 2.19. The number of rotatable bonds is 2. The van der Waals surface area contributed by atoms with Crippen LogP contribution >= 0.6 is 11.6 Å². The Morgan fingerprint density at radius 2 is 2.22 bits per heavy atom. The molecule has 7 heteroatoms. The second-order valence-electron chi connectivity index (χ2n) is 4.00. The Labute approximate surface area is 108 Å². The van der Waals surface area contributed by atoms with Crippen molar-refractivity contribution in [1.29, 1.82) is 0 Å². The topological polar surface area (TPSA) is 59.5 Å². The van der Waals surface area contributed by atoms with Gasteiger partial charge in [0.05, 0.1) is 22.3 Å². The first-order valence-electron chi connectivity index (χ1n) is 5.30. The minimum Gasteiger partial charge on any atom is -0.344 e. The molecule has 3 aromatic heterocycles. The van der Waals surface area contributed by atoms with Crippen LogP contribution in [-0.2, 0) is 0 Å². The van der Waals surface area contributed by atoms with E-state index in [1.54, 1.807) is 21.7 Å². The largest absolute Gasteiger partial charge is 0.344 e. The van der Waals surface area contributed by atoms with Crippen LogP contribution in [0.1, 0.15) is 0 Å². The lowest BCUT2D eigenvalue weighted by molar-refractivity contribution is 0.431. The summed E-state index contributed by atoms with van der Waals surface area (Å²) in [7, 11) is 3.69. The minimum absolute atomic E-state index is 0.404. The van der Waals surface area contributed by atoms with Gasteiger partial charge in [-0.05, 0) is 17.3 Å². The Morgan fingerprint density at radius 1 is 1.39 bits per heavy atom. The zero-order chi connectivity index (χ0) is 12.7. The van der Waals surface area contributed by atoms with Crippen LogP contribution in [0.15, 0.2) is 29.0 Å². The second kappa shape index (κ2) is 3.99. The van der Waals surface area contributed by atoms with Crippen LogP contribution in [0.4, 0.5) is 5.95 Å². The third-order valence-corrected chi connectivity index (χ3v) is 2.84. The van der Waals surface area contributed by atoms with Crippen LogP contribution in [0.5, 0.6) is 0 Å². The fourth-order valence-electron chi connectivity index (χ4n) is 1.66. The minimum atomic E-state index is 0.404. The van der Waals surface area contributed by atoms with E-state index in [1.165, 1.54) is 0 Å². The number of hydrogen-bond donors (Lipinski definition) is 0. The van der Waals surface area contributed by atoms with Crippen LogP contribution in [0.2, 0.25) is 5.02 Å². The van der Waals surface area contributed by atoms with Gasteiger partial charge in [-0.1, -0.05) is 11.6 Å². The third-order valence-electron chi connectivity index (χ3n) is 2.54. The summed E-state index contributed by atoms with van der Waals surface area (Å²) in [5.74, 6) is 0.915. The predicted molar refractivity (Wildman–Crippen MR) is 67.8 cm³/mol. The van der Waals surface area contributed by atoms with Crippen LogP contribution in [-0.4, -0.2) is 33.9 Å². The van der Waals surface area contributed by atoms with Crippen molar-refractivity contribution in [3.63, 3.8) is 0 Å². The molecule has 0 fully saturated rings. The Kier molecular flexibility index (Phi) is 2.45. The third kappa shape index (κ3) is 1.62. The molecule has 18 heavy (non-hydrogen) atoms. The van der Waals surface area contributed by atoms with E-state index in [4.69, 9.17) is 16.1 Å². The molecule has 0 unspecified atom stereocenters. The number of anilines is 1. The molecule has 0 atom stereocenters. The smallest absolute Gasteiger partial charge is 0.265 e. The SMILES string of the molecule is CN(C)c1noc(-c2cnn3cccc(Cl)c23)n1. The number of pyridine rings is 1. The maximum atomic E-state index is 6.16. The van der Waals surface area contributed by atoms with Crippen molar-refractivity contribution in [2.45, 2.75) is 0 Å². The van der Waals surface area contributed by atoms with E-state index in [2.05, 4.69) is 15.2 Å². The molecule has 6 nitrogen and oxygen atoms in total. The van der Waals surface area contributed by atoms with E-state index < -0.39 is 0 Å². The molecule has 0 aliphatic rings. The highest BCUT2D eigenvalue weighted by atomic mass is 35.5. The monoisotopic (exact) mass is 263 g/mol. The van der Waals surface area contributed by atoms with Gasteiger partial charge in [0, 0.05) is 20.3 Å². The number of aromatic nitrogens is 4. The predicted octanol–water partition coefficient (Wildman–Crippen LogP) is 2.10. The molecule has 0 bridgehead atoms. The van der Waals surface area contributed by atoms with E-state index in [9.17, 15) is 0 Å². The number of nitrogens with zero attached hydrogens (tertiary/aromatic N) is 5. The zero-order valence-corrected chi connectivity index (χ0v) is 10.6. The molecule has 0 radical (unpaired) electrons. The van der Waals surface area contributed by atoms with Crippen molar-refractivity contribution in [1.82, 2.24) is 19.8 Å². The van der Waals surface area contributed by atoms with E-state index >= 15 is 0 Å². The Morgan fingerprint density at radius 3 is 2.94 bits per heavy atom. The molecule has 0 spiro atoms. The van der Waals surface area contributed by atoms with Crippen LogP contribution in [0, 0.1) is 0 Å². The molecule has 3 aromatic rings. The molecule has 0 aliphatic heterocycles. The van der Waals surface area contributed by atoms with E-state index in [-0.39, 0.29) is 0 Å². The van der Waals surface area contributed by atoms with Crippen LogP contribution in [0.3, 0.4) is 0 Å². The van der Waals surface area contributed by atoms with Gasteiger partial charge >= 0.3 is 0 Å². The summed E-state index contributed by atoms with van der Waals surface area (Å²) in [4.78, 5) is 6.04. The van der Waals surface area contributed by atoms with E-state index in [0.29, 0.717) is 16.9 Å². The molecular formula is C11H10ClN5O. The molecule has 0 aromatic carbocycles. The van der Waals surface area contributed by atoms with Crippen molar-refractivity contribution < 1.29 is 4.52 Å². The lowest BCUT2D eigenvalue weighted by Gasteiger charge is -2.02. The number of fused-ring (bicyclic) bond motifs is 1.